The standard InChI is InChI=1S/C15H20N2O2/c1-9-10(13-6-16-8-15(2,3)17-13)4-5-11-12(9)7-19-14(11)18/h4-5,13,16-17H,6-8H2,1-3H3. The first-order valence-electron chi connectivity index (χ1n) is 6.76. The van der Waals surface area contributed by atoms with E-state index in [9.17, 15) is 4.79 Å². The Kier molecular flexibility index (Phi) is 2.87. The summed E-state index contributed by atoms with van der Waals surface area (Å²) in [5.41, 5.74) is 4.30. The van der Waals surface area contributed by atoms with Crippen LogP contribution in [0.2, 0.25) is 0 Å². The van der Waals surface area contributed by atoms with E-state index in [2.05, 4.69) is 37.5 Å². The van der Waals surface area contributed by atoms with Crippen molar-refractivity contribution in [3.05, 3.63) is 34.4 Å². The molecule has 0 amide bonds. The summed E-state index contributed by atoms with van der Waals surface area (Å²) in [5.74, 6) is -0.195. The number of hydrogen-bond donors (Lipinski definition) is 2. The lowest BCUT2D eigenvalue weighted by Gasteiger charge is -2.38. The van der Waals surface area contributed by atoms with E-state index < -0.39 is 0 Å². The highest BCUT2D eigenvalue weighted by Gasteiger charge is 2.31. The normalized spacial score (nSPS) is 25.0. The Bertz CT molecular complexity index is 537. The van der Waals surface area contributed by atoms with Crippen LogP contribution < -0.4 is 10.6 Å². The van der Waals surface area contributed by atoms with Gasteiger partial charge in [-0.05, 0) is 38.0 Å². The predicted molar refractivity (Wildman–Crippen MR) is 73.1 cm³/mol. The van der Waals surface area contributed by atoms with E-state index in [1.54, 1.807) is 0 Å². The second-order valence-corrected chi connectivity index (χ2v) is 6.09. The number of ether oxygens (including phenoxy) is 1. The van der Waals surface area contributed by atoms with Crippen molar-refractivity contribution < 1.29 is 9.53 Å². The molecule has 2 aliphatic rings. The van der Waals surface area contributed by atoms with Crippen LogP contribution in [0, 0.1) is 6.92 Å². The Balaban J connectivity index is 1.96. The zero-order valence-corrected chi connectivity index (χ0v) is 11.7. The fraction of sp³-hybridized carbons (Fsp3) is 0.533. The summed E-state index contributed by atoms with van der Waals surface area (Å²) in [6.45, 7) is 8.77. The van der Waals surface area contributed by atoms with Crippen LogP contribution >= 0.6 is 0 Å². The highest BCUT2D eigenvalue weighted by Crippen LogP contribution is 2.30. The molecule has 4 heteroatoms. The summed E-state index contributed by atoms with van der Waals surface area (Å²) >= 11 is 0. The average molecular weight is 260 g/mol. The number of nitrogens with one attached hydrogen (secondary N) is 2. The van der Waals surface area contributed by atoms with Crippen molar-refractivity contribution in [3.63, 3.8) is 0 Å². The van der Waals surface area contributed by atoms with Crippen molar-refractivity contribution >= 4 is 5.97 Å². The molecule has 0 aromatic heterocycles. The molecule has 1 unspecified atom stereocenters. The molecule has 1 saturated heterocycles. The van der Waals surface area contributed by atoms with Gasteiger partial charge < -0.3 is 15.4 Å². The summed E-state index contributed by atoms with van der Waals surface area (Å²) in [6.07, 6.45) is 0. The fourth-order valence-corrected chi connectivity index (χ4v) is 3.04. The molecule has 1 aromatic rings. The Hall–Kier alpha value is -1.39. The van der Waals surface area contributed by atoms with Gasteiger partial charge in [-0.25, -0.2) is 4.79 Å². The minimum absolute atomic E-state index is 0.0840. The molecule has 0 spiro atoms. The van der Waals surface area contributed by atoms with Gasteiger partial charge in [-0.15, -0.1) is 0 Å². The Morgan fingerprint density at radius 2 is 2.16 bits per heavy atom. The van der Waals surface area contributed by atoms with E-state index in [4.69, 9.17) is 4.74 Å². The first kappa shape index (κ1) is 12.6. The SMILES string of the molecule is Cc1c(C2CNCC(C)(C)N2)ccc2c1COC2=O. The third-order valence-corrected chi connectivity index (χ3v) is 4.06. The number of benzene rings is 1. The van der Waals surface area contributed by atoms with E-state index in [1.165, 1.54) is 11.1 Å². The second kappa shape index (κ2) is 4.32. The van der Waals surface area contributed by atoms with Crippen LogP contribution in [0.3, 0.4) is 0 Å². The van der Waals surface area contributed by atoms with E-state index in [0.29, 0.717) is 6.61 Å². The number of carbonyl (C=O) groups excluding carboxylic acids is 1. The number of carbonyl (C=O) groups is 1. The molecule has 1 atom stereocenters. The topological polar surface area (TPSA) is 50.4 Å². The van der Waals surface area contributed by atoms with Gasteiger partial charge in [0, 0.05) is 30.2 Å². The molecule has 0 radical (unpaired) electrons. The smallest absolute Gasteiger partial charge is 0.338 e. The Labute approximate surface area is 113 Å². The lowest BCUT2D eigenvalue weighted by atomic mass is 9.90. The fourth-order valence-electron chi connectivity index (χ4n) is 3.04. The van der Waals surface area contributed by atoms with Gasteiger partial charge in [0.2, 0.25) is 0 Å². The quantitative estimate of drug-likeness (QED) is 0.754. The van der Waals surface area contributed by atoms with Gasteiger partial charge in [-0.2, -0.15) is 0 Å². The maximum atomic E-state index is 11.6. The van der Waals surface area contributed by atoms with Crippen LogP contribution in [0.25, 0.3) is 0 Å². The molecule has 1 fully saturated rings. The zero-order valence-electron chi connectivity index (χ0n) is 11.7. The summed E-state index contributed by atoms with van der Waals surface area (Å²) in [4.78, 5) is 11.6. The highest BCUT2D eigenvalue weighted by molar-refractivity contribution is 5.93. The van der Waals surface area contributed by atoms with Gasteiger partial charge in [0.1, 0.15) is 6.61 Å². The summed E-state index contributed by atoms with van der Waals surface area (Å²) < 4.78 is 5.11. The summed E-state index contributed by atoms with van der Waals surface area (Å²) in [7, 11) is 0. The van der Waals surface area contributed by atoms with Gasteiger partial charge in [0.25, 0.3) is 0 Å². The van der Waals surface area contributed by atoms with Gasteiger partial charge in [0.05, 0.1) is 5.56 Å². The van der Waals surface area contributed by atoms with Crippen molar-refractivity contribution in [2.24, 2.45) is 0 Å². The maximum Gasteiger partial charge on any atom is 0.338 e. The molecule has 2 heterocycles. The summed E-state index contributed by atoms with van der Waals surface area (Å²) in [6, 6.07) is 4.24. The molecular formula is C15H20N2O2. The highest BCUT2D eigenvalue weighted by atomic mass is 16.5. The number of hydrogen-bond acceptors (Lipinski definition) is 4. The zero-order chi connectivity index (χ0) is 13.6. The second-order valence-electron chi connectivity index (χ2n) is 6.09. The molecule has 1 aromatic carbocycles. The first-order valence-corrected chi connectivity index (χ1v) is 6.76. The molecule has 2 aliphatic heterocycles. The van der Waals surface area contributed by atoms with Gasteiger partial charge in [-0.3, -0.25) is 0 Å². The molecule has 2 N–H and O–H groups in total. The van der Waals surface area contributed by atoms with Crippen LogP contribution in [0.1, 0.15) is 46.9 Å². The minimum atomic E-state index is -0.195. The molecule has 0 aliphatic carbocycles. The molecule has 19 heavy (non-hydrogen) atoms. The van der Waals surface area contributed by atoms with Crippen molar-refractivity contribution in [2.45, 2.75) is 39.0 Å². The number of rotatable bonds is 1. The summed E-state index contributed by atoms with van der Waals surface area (Å²) in [5, 5.41) is 7.13. The van der Waals surface area contributed by atoms with Crippen molar-refractivity contribution in [2.75, 3.05) is 13.1 Å². The molecular weight excluding hydrogens is 240 g/mol. The Morgan fingerprint density at radius 1 is 1.37 bits per heavy atom. The van der Waals surface area contributed by atoms with E-state index in [1.807, 2.05) is 6.07 Å². The Morgan fingerprint density at radius 3 is 2.89 bits per heavy atom. The largest absolute Gasteiger partial charge is 0.457 e. The maximum absolute atomic E-state index is 11.6. The third kappa shape index (κ3) is 2.15. The molecule has 4 nitrogen and oxygen atoms in total. The first-order chi connectivity index (χ1) is 8.98. The number of cyclic esters (lactones) is 1. The van der Waals surface area contributed by atoms with E-state index >= 15 is 0 Å². The molecule has 0 saturated carbocycles. The van der Waals surface area contributed by atoms with E-state index in [0.717, 1.165) is 24.2 Å². The number of fused-ring (bicyclic) bond motifs is 1. The monoisotopic (exact) mass is 260 g/mol. The average Bonchev–Trinajstić information content (AvgIpc) is 2.71. The van der Waals surface area contributed by atoms with Crippen LogP contribution in [0.15, 0.2) is 12.1 Å². The third-order valence-electron chi connectivity index (χ3n) is 4.06. The lowest BCUT2D eigenvalue weighted by molar-refractivity contribution is 0.0535. The minimum Gasteiger partial charge on any atom is -0.457 e. The van der Waals surface area contributed by atoms with Crippen LogP contribution in [0.5, 0.6) is 0 Å². The molecule has 3 rings (SSSR count). The number of piperazine rings is 1. The van der Waals surface area contributed by atoms with Crippen molar-refractivity contribution in [1.82, 2.24) is 10.6 Å². The van der Waals surface area contributed by atoms with Crippen LogP contribution in [-0.2, 0) is 11.3 Å². The lowest BCUT2D eigenvalue weighted by Crippen LogP contribution is -2.56. The van der Waals surface area contributed by atoms with Crippen molar-refractivity contribution in [1.29, 1.82) is 0 Å². The van der Waals surface area contributed by atoms with Crippen molar-refractivity contribution in [3.8, 4) is 0 Å². The van der Waals surface area contributed by atoms with Crippen LogP contribution in [0.4, 0.5) is 0 Å². The molecule has 102 valence electrons. The number of esters is 1. The van der Waals surface area contributed by atoms with Gasteiger partial charge >= 0.3 is 5.97 Å². The predicted octanol–water partition coefficient (Wildman–Crippen LogP) is 1.68. The van der Waals surface area contributed by atoms with E-state index in [-0.39, 0.29) is 17.6 Å². The van der Waals surface area contributed by atoms with Crippen LogP contribution in [-0.4, -0.2) is 24.6 Å². The molecule has 0 bridgehead atoms. The van der Waals surface area contributed by atoms with Gasteiger partial charge in [0.15, 0.2) is 0 Å². The van der Waals surface area contributed by atoms with Gasteiger partial charge in [-0.1, -0.05) is 6.07 Å².